The lowest BCUT2D eigenvalue weighted by atomic mass is 10.1. The number of carbonyl (C=O) groups excluding carboxylic acids is 2. The normalized spacial score (nSPS) is 10.1. The van der Waals surface area contributed by atoms with E-state index in [1.54, 1.807) is 79.9 Å². The number of ether oxygens (including phenoxy) is 1. The fourth-order valence-corrected chi connectivity index (χ4v) is 2.54. The highest BCUT2D eigenvalue weighted by Gasteiger charge is 2.14. The summed E-state index contributed by atoms with van der Waals surface area (Å²) in [5.41, 5.74) is 8.02. The quantitative estimate of drug-likeness (QED) is 0.603. The molecule has 0 saturated heterocycles. The van der Waals surface area contributed by atoms with Crippen molar-refractivity contribution in [2.45, 2.75) is 0 Å². The van der Waals surface area contributed by atoms with Crippen LogP contribution in [0.15, 0.2) is 72.8 Å². The van der Waals surface area contributed by atoms with Gasteiger partial charge in [0.05, 0.1) is 18.4 Å². The van der Waals surface area contributed by atoms with Gasteiger partial charge < -0.3 is 21.1 Å². The minimum Gasteiger partial charge on any atom is -0.497 e. The third-order valence-corrected chi connectivity index (χ3v) is 3.92. The molecule has 0 atom stereocenters. The van der Waals surface area contributed by atoms with Crippen LogP contribution in [-0.4, -0.2) is 18.9 Å². The number of nitrogens with two attached hydrogens (primary N) is 1. The molecule has 0 spiro atoms. The standard InChI is InChI=1S/C21H19N3O3/c1-27-17-11-9-16(10-12-17)23-21(26)18-7-2-3-8-19(18)24-20(25)14-5-4-6-15(22)13-14/h2-13H,22H2,1H3,(H,23,26)(H,24,25). The number of anilines is 3. The Labute approximate surface area is 157 Å². The summed E-state index contributed by atoms with van der Waals surface area (Å²) in [7, 11) is 1.58. The number of carbonyl (C=O) groups is 2. The SMILES string of the molecule is COc1ccc(NC(=O)c2ccccc2NC(=O)c2cccc(N)c2)cc1. The third kappa shape index (κ3) is 4.43. The molecule has 3 aromatic carbocycles. The van der Waals surface area contributed by atoms with Crippen molar-refractivity contribution in [2.75, 3.05) is 23.5 Å². The molecule has 0 aromatic heterocycles. The second kappa shape index (κ2) is 8.05. The van der Waals surface area contributed by atoms with E-state index in [9.17, 15) is 9.59 Å². The molecule has 0 bridgehead atoms. The first-order valence-corrected chi connectivity index (χ1v) is 8.28. The Morgan fingerprint density at radius 2 is 1.59 bits per heavy atom. The maximum absolute atomic E-state index is 12.6. The number of methoxy groups -OCH3 is 1. The zero-order valence-corrected chi connectivity index (χ0v) is 14.7. The smallest absolute Gasteiger partial charge is 0.257 e. The van der Waals surface area contributed by atoms with Crippen LogP contribution in [0.3, 0.4) is 0 Å². The van der Waals surface area contributed by atoms with Crippen molar-refractivity contribution >= 4 is 28.9 Å². The summed E-state index contributed by atoms with van der Waals surface area (Å²) >= 11 is 0. The predicted octanol–water partition coefficient (Wildman–Crippen LogP) is 3.78. The van der Waals surface area contributed by atoms with Crippen LogP contribution < -0.4 is 21.1 Å². The van der Waals surface area contributed by atoms with Crippen molar-refractivity contribution in [1.82, 2.24) is 0 Å². The summed E-state index contributed by atoms with van der Waals surface area (Å²) < 4.78 is 5.10. The van der Waals surface area contributed by atoms with E-state index in [0.717, 1.165) is 0 Å². The van der Waals surface area contributed by atoms with Gasteiger partial charge in [-0.05, 0) is 54.6 Å². The zero-order valence-electron chi connectivity index (χ0n) is 14.7. The Kier molecular flexibility index (Phi) is 5.37. The lowest BCUT2D eigenvalue weighted by Crippen LogP contribution is -2.18. The first-order valence-electron chi connectivity index (χ1n) is 8.28. The van der Waals surface area contributed by atoms with Gasteiger partial charge in [-0.25, -0.2) is 0 Å². The zero-order chi connectivity index (χ0) is 19.2. The lowest BCUT2D eigenvalue weighted by Gasteiger charge is -2.12. The number of para-hydroxylation sites is 1. The molecule has 0 heterocycles. The molecule has 136 valence electrons. The number of rotatable bonds is 5. The third-order valence-electron chi connectivity index (χ3n) is 3.92. The molecule has 6 heteroatoms. The maximum Gasteiger partial charge on any atom is 0.257 e. The van der Waals surface area contributed by atoms with Crippen molar-refractivity contribution in [3.05, 3.63) is 83.9 Å². The monoisotopic (exact) mass is 361 g/mol. The highest BCUT2D eigenvalue weighted by Crippen LogP contribution is 2.20. The number of benzene rings is 3. The highest BCUT2D eigenvalue weighted by atomic mass is 16.5. The average Bonchev–Trinajstić information content (AvgIpc) is 2.69. The predicted molar refractivity (Wildman–Crippen MR) is 106 cm³/mol. The van der Waals surface area contributed by atoms with Gasteiger partial charge >= 0.3 is 0 Å². The first kappa shape index (κ1) is 18.0. The summed E-state index contributed by atoms with van der Waals surface area (Å²) in [6, 6.07) is 20.4. The topological polar surface area (TPSA) is 93.5 Å². The van der Waals surface area contributed by atoms with Gasteiger partial charge in [0.2, 0.25) is 0 Å². The second-order valence-electron chi connectivity index (χ2n) is 5.81. The Morgan fingerprint density at radius 1 is 0.852 bits per heavy atom. The molecule has 27 heavy (non-hydrogen) atoms. The van der Waals surface area contributed by atoms with Crippen LogP contribution in [0.1, 0.15) is 20.7 Å². The number of hydrogen-bond donors (Lipinski definition) is 3. The van der Waals surface area contributed by atoms with E-state index >= 15 is 0 Å². The van der Waals surface area contributed by atoms with Gasteiger partial charge in [0.15, 0.2) is 0 Å². The summed E-state index contributed by atoms with van der Waals surface area (Å²) in [5, 5.41) is 5.57. The second-order valence-corrected chi connectivity index (χ2v) is 5.81. The molecule has 0 aliphatic carbocycles. The first-order chi connectivity index (χ1) is 13.1. The Bertz CT molecular complexity index is 968. The summed E-state index contributed by atoms with van der Waals surface area (Å²) in [6.45, 7) is 0. The van der Waals surface area contributed by atoms with Crippen LogP contribution in [0, 0.1) is 0 Å². The van der Waals surface area contributed by atoms with E-state index in [2.05, 4.69) is 10.6 Å². The summed E-state index contributed by atoms with van der Waals surface area (Å²) in [4.78, 5) is 25.1. The maximum atomic E-state index is 12.6. The van der Waals surface area contributed by atoms with Crippen LogP contribution in [0.4, 0.5) is 17.1 Å². The van der Waals surface area contributed by atoms with E-state index in [0.29, 0.717) is 33.9 Å². The lowest BCUT2D eigenvalue weighted by molar-refractivity contribution is 0.102. The van der Waals surface area contributed by atoms with Crippen molar-refractivity contribution in [3.8, 4) is 5.75 Å². The molecule has 0 fully saturated rings. The van der Waals surface area contributed by atoms with Crippen LogP contribution in [0.5, 0.6) is 5.75 Å². The molecule has 0 radical (unpaired) electrons. The molecule has 0 saturated carbocycles. The van der Waals surface area contributed by atoms with E-state index in [4.69, 9.17) is 10.5 Å². The average molecular weight is 361 g/mol. The summed E-state index contributed by atoms with van der Waals surface area (Å²) in [5.74, 6) is 0.0263. The van der Waals surface area contributed by atoms with Gasteiger partial charge in [-0.15, -0.1) is 0 Å². The fraction of sp³-hybridized carbons (Fsp3) is 0.0476. The molecular formula is C21H19N3O3. The van der Waals surface area contributed by atoms with Crippen LogP contribution in [-0.2, 0) is 0 Å². The van der Waals surface area contributed by atoms with E-state index in [1.807, 2.05) is 0 Å². The summed E-state index contributed by atoms with van der Waals surface area (Å²) in [6.07, 6.45) is 0. The van der Waals surface area contributed by atoms with Crippen LogP contribution in [0.2, 0.25) is 0 Å². The minimum absolute atomic E-state index is 0.330. The molecule has 6 nitrogen and oxygen atoms in total. The number of nitrogens with one attached hydrogen (secondary N) is 2. The Morgan fingerprint density at radius 3 is 2.30 bits per heavy atom. The van der Waals surface area contributed by atoms with Gasteiger partial charge in [-0.3, -0.25) is 9.59 Å². The molecule has 2 amide bonds. The largest absolute Gasteiger partial charge is 0.497 e. The van der Waals surface area contributed by atoms with E-state index in [-0.39, 0.29) is 11.8 Å². The number of amides is 2. The van der Waals surface area contributed by atoms with Crippen molar-refractivity contribution in [2.24, 2.45) is 0 Å². The molecule has 0 unspecified atom stereocenters. The number of hydrogen-bond acceptors (Lipinski definition) is 4. The fourth-order valence-electron chi connectivity index (χ4n) is 2.54. The molecule has 3 aromatic rings. The van der Waals surface area contributed by atoms with E-state index in [1.165, 1.54) is 0 Å². The van der Waals surface area contributed by atoms with Gasteiger partial charge in [-0.1, -0.05) is 18.2 Å². The van der Waals surface area contributed by atoms with Crippen LogP contribution in [0.25, 0.3) is 0 Å². The van der Waals surface area contributed by atoms with Crippen molar-refractivity contribution in [3.63, 3.8) is 0 Å². The minimum atomic E-state index is -0.341. The molecule has 0 aliphatic rings. The van der Waals surface area contributed by atoms with Gasteiger partial charge in [-0.2, -0.15) is 0 Å². The molecule has 4 N–H and O–H groups in total. The van der Waals surface area contributed by atoms with Crippen LogP contribution >= 0.6 is 0 Å². The van der Waals surface area contributed by atoms with E-state index < -0.39 is 0 Å². The molecular weight excluding hydrogens is 342 g/mol. The molecule has 3 rings (SSSR count). The van der Waals surface area contributed by atoms with Gasteiger partial charge in [0, 0.05) is 16.9 Å². The molecule has 0 aliphatic heterocycles. The van der Waals surface area contributed by atoms with Gasteiger partial charge in [0.1, 0.15) is 5.75 Å². The van der Waals surface area contributed by atoms with Crippen molar-refractivity contribution < 1.29 is 14.3 Å². The Hall–Kier alpha value is -3.80. The van der Waals surface area contributed by atoms with Gasteiger partial charge in [0.25, 0.3) is 11.8 Å². The highest BCUT2D eigenvalue weighted by molar-refractivity contribution is 6.12. The Balaban J connectivity index is 1.78. The number of nitrogen functional groups attached to an aromatic ring is 1. The van der Waals surface area contributed by atoms with Crippen molar-refractivity contribution in [1.29, 1.82) is 0 Å².